The topological polar surface area (TPSA) is 24.6 Å². The first-order valence-corrected chi connectivity index (χ1v) is 24.9. The van der Waals surface area contributed by atoms with E-state index >= 15 is 0 Å². The molecule has 0 aliphatic heterocycles. The fraction of sp³-hybridized carbons (Fsp3) is 0.273. The Balaban J connectivity index is 0.000000486. The monoisotopic (exact) mass is 522 g/mol. The molecule has 0 amide bonds. The first kappa shape index (κ1) is 21.9. The summed E-state index contributed by atoms with van der Waals surface area (Å²) in [5, 5.41) is 3.86. The Labute approximate surface area is 144 Å². The molecule has 0 radical (unpaired) electrons. The number of benzene rings is 1. The molecular weight excluding hydrogens is 511 g/mol. The number of halogens is 6. The van der Waals surface area contributed by atoms with E-state index in [-0.39, 0.29) is 0 Å². The van der Waals surface area contributed by atoms with Gasteiger partial charge in [0, 0.05) is 0 Å². The number of hydrogen-bond donors (Lipinski definition) is 0. The van der Waals surface area contributed by atoms with E-state index in [1.807, 2.05) is 55.9 Å². The molecular formula is C11H15Cl6N2OSb. The van der Waals surface area contributed by atoms with Gasteiger partial charge in [-0.1, -0.05) is 35.5 Å². The van der Waals surface area contributed by atoms with Gasteiger partial charge in [0.2, 0.25) is 0 Å². The molecule has 0 N–H and O–H groups in total. The summed E-state index contributed by atoms with van der Waals surface area (Å²) < 4.78 is 1.86. The Bertz CT molecular complexity index is 508. The van der Waals surface area contributed by atoms with Crippen molar-refractivity contribution in [2.24, 2.45) is 5.16 Å². The molecule has 0 heterocycles. The van der Waals surface area contributed by atoms with Crippen molar-refractivity contribution in [1.29, 1.82) is 0 Å². The van der Waals surface area contributed by atoms with Gasteiger partial charge in [0.05, 0.1) is 13.1 Å². The Morgan fingerprint density at radius 1 is 1.05 bits per heavy atom. The van der Waals surface area contributed by atoms with E-state index in [1.54, 1.807) is 6.21 Å². The van der Waals surface area contributed by atoms with E-state index in [0.29, 0.717) is 0 Å². The molecule has 0 bridgehead atoms. The average Bonchev–Trinajstić information content (AvgIpc) is 2.26. The van der Waals surface area contributed by atoms with E-state index in [1.165, 1.54) is 0 Å². The van der Waals surface area contributed by atoms with Crippen LogP contribution in [0.4, 0.5) is 0 Å². The molecule has 0 saturated carbocycles. The third-order valence-electron chi connectivity index (χ3n) is 1.82. The predicted molar refractivity (Wildman–Crippen MR) is 98.8 cm³/mol. The summed E-state index contributed by atoms with van der Waals surface area (Å²) >= 11 is 0. The number of rotatable bonds is 2. The van der Waals surface area contributed by atoms with E-state index < -0.39 is 9.14 Å². The number of oxime groups is 1. The zero-order chi connectivity index (χ0) is 16.8. The molecule has 0 unspecified atom stereocenters. The molecule has 10 heteroatoms. The first-order chi connectivity index (χ1) is 9.15. The molecule has 21 heavy (non-hydrogen) atoms. The normalized spacial score (nSPS) is 14.5. The maximum absolute atomic E-state index is 5.42. The molecule has 122 valence electrons. The van der Waals surface area contributed by atoms with Crippen molar-refractivity contribution < 1.29 is 9.41 Å². The zero-order valence-electron chi connectivity index (χ0n) is 11.5. The standard InChI is InChI=1S/C11H15N2O.6ClH.Sb/c1-10(13(2)3)14-12-9-11-7-5-4-6-8-11;;;;;;;/h4-9H,1-3H3;6*1H;/q+1;;;;;;;+5/p-6/b12-9+;;;;;;;. The zero-order valence-corrected chi connectivity index (χ0v) is 18.6. The fourth-order valence-corrected chi connectivity index (χ4v) is 0.784. The second-order valence-electron chi connectivity index (χ2n) is 4.11. The molecule has 0 saturated heterocycles. The minimum absolute atomic E-state index is 0.761. The summed E-state index contributed by atoms with van der Waals surface area (Å²) in [5.74, 6) is 0.761. The van der Waals surface area contributed by atoms with Crippen LogP contribution in [0.1, 0.15) is 12.5 Å². The van der Waals surface area contributed by atoms with Crippen molar-refractivity contribution in [3.8, 4) is 0 Å². The van der Waals surface area contributed by atoms with Crippen molar-refractivity contribution in [2.75, 3.05) is 14.1 Å². The summed E-state index contributed by atoms with van der Waals surface area (Å²) in [6.45, 7) is 1.86. The Morgan fingerprint density at radius 3 is 1.86 bits per heavy atom. The summed E-state index contributed by atoms with van der Waals surface area (Å²) in [6, 6.07) is 9.83. The number of nitrogens with zero attached hydrogens (tertiary/aromatic N) is 2. The summed E-state index contributed by atoms with van der Waals surface area (Å²) in [5.41, 5.74) is 1.03. The first-order valence-electron chi connectivity index (χ1n) is 5.48. The van der Waals surface area contributed by atoms with Gasteiger partial charge in [-0.3, -0.25) is 4.84 Å². The van der Waals surface area contributed by atoms with Gasteiger partial charge >= 0.3 is 68.0 Å². The van der Waals surface area contributed by atoms with Gasteiger partial charge in [-0.05, 0) is 5.56 Å². The molecule has 0 fully saturated rings. The van der Waals surface area contributed by atoms with E-state index in [9.17, 15) is 0 Å². The summed E-state index contributed by atoms with van der Waals surface area (Å²) in [7, 11) is 28.8. The summed E-state index contributed by atoms with van der Waals surface area (Å²) in [6.07, 6.45) is 1.69. The second-order valence-corrected chi connectivity index (χ2v) is 61.0. The van der Waals surface area contributed by atoms with Crippen LogP contribution in [0, 0.1) is 0 Å². The summed E-state index contributed by atoms with van der Waals surface area (Å²) in [4.78, 5) is 5.12. The van der Waals surface area contributed by atoms with Crippen LogP contribution in [0.3, 0.4) is 0 Å². The van der Waals surface area contributed by atoms with Crippen LogP contribution in [0.2, 0.25) is 0 Å². The van der Waals surface area contributed by atoms with Crippen molar-refractivity contribution in [1.82, 2.24) is 0 Å². The van der Waals surface area contributed by atoms with Gasteiger partial charge in [0.1, 0.15) is 14.1 Å². The van der Waals surface area contributed by atoms with E-state index in [4.69, 9.17) is 57.8 Å². The molecule has 0 aliphatic rings. The van der Waals surface area contributed by atoms with Gasteiger partial charge in [-0.2, -0.15) is 0 Å². The van der Waals surface area contributed by atoms with Crippen LogP contribution in [0.15, 0.2) is 35.5 Å². The Morgan fingerprint density at radius 2 is 1.48 bits per heavy atom. The molecule has 0 atom stereocenters. The third kappa shape index (κ3) is 20.9. The SMILES string of the molecule is CC(O/N=C/c1ccccc1)=[N+](C)C.[Cl][Sb-]([Cl])([Cl])([Cl])([Cl])[Cl]. The second kappa shape index (κ2) is 7.66. The van der Waals surface area contributed by atoms with Crippen molar-refractivity contribution >= 4 is 74.2 Å². The van der Waals surface area contributed by atoms with Crippen molar-refractivity contribution in [3.63, 3.8) is 0 Å². The molecule has 0 spiro atoms. The molecule has 0 aromatic heterocycles. The molecule has 0 aliphatic carbocycles. The van der Waals surface area contributed by atoms with E-state index in [0.717, 1.165) is 11.5 Å². The van der Waals surface area contributed by atoms with Crippen LogP contribution in [-0.2, 0) is 4.84 Å². The van der Waals surface area contributed by atoms with Gasteiger partial charge in [-0.25, -0.2) is 4.58 Å². The molecule has 1 aromatic rings. The Hall–Kier alpha value is 0.918. The van der Waals surface area contributed by atoms with Gasteiger partial charge in [0.25, 0.3) is 0 Å². The van der Waals surface area contributed by atoms with Crippen LogP contribution in [-0.4, -0.2) is 39.9 Å². The van der Waals surface area contributed by atoms with E-state index in [2.05, 4.69) is 5.16 Å². The molecule has 3 nitrogen and oxygen atoms in total. The average molecular weight is 526 g/mol. The minimum atomic E-state index is -5.42. The van der Waals surface area contributed by atoms with Crippen molar-refractivity contribution in [2.45, 2.75) is 6.92 Å². The van der Waals surface area contributed by atoms with Crippen LogP contribution >= 0.6 is 53.0 Å². The maximum atomic E-state index is 5.12. The van der Waals surface area contributed by atoms with Crippen LogP contribution in [0.5, 0.6) is 0 Å². The third-order valence-corrected chi connectivity index (χ3v) is 1.82. The molecule has 1 aromatic carbocycles. The van der Waals surface area contributed by atoms with Gasteiger partial charge in [0.15, 0.2) is 0 Å². The van der Waals surface area contributed by atoms with Crippen molar-refractivity contribution in [3.05, 3.63) is 35.9 Å². The molecule has 1 rings (SSSR count). The van der Waals surface area contributed by atoms with Gasteiger partial charge < -0.3 is 0 Å². The number of hydrogen-bond acceptors (Lipinski definition) is 2. The van der Waals surface area contributed by atoms with Gasteiger partial charge in [-0.15, -0.1) is 0 Å². The van der Waals surface area contributed by atoms with Crippen LogP contribution < -0.4 is 0 Å². The fourth-order valence-electron chi connectivity index (χ4n) is 0.784. The van der Waals surface area contributed by atoms with Crippen LogP contribution in [0.25, 0.3) is 0 Å². The quantitative estimate of drug-likeness (QED) is 0.165. The predicted octanol–water partition coefficient (Wildman–Crippen LogP) is 5.48. The Kier molecular flexibility index (Phi) is 7.99.